The number of rotatable bonds is 10. The molecule has 10 heteroatoms. The van der Waals surface area contributed by atoms with Crippen LogP contribution in [0.5, 0.6) is 5.75 Å². The lowest BCUT2D eigenvalue weighted by atomic mass is 10.3. The third-order valence-corrected chi connectivity index (χ3v) is 3.58. The third kappa shape index (κ3) is 8.54. The molecule has 1 atom stereocenters. The van der Waals surface area contributed by atoms with E-state index in [4.69, 9.17) is 4.74 Å². The number of carbonyl (C=O) groups excluding carboxylic acids is 2. The van der Waals surface area contributed by atoms with Crippen LogP contribution in [0.25, 0.3) is 0 Å². The van der Waals surface area contributed by atoms with Crippen molar-refractivity contribution < 1.29 is 23.8 Å². The van der Waals surface area contributed by atoms with Crippen molar-refractivity contribution in [1.29, 1.82) is 0 Å². The molecule has 2 aromatic rings. The van der Waals surface area contributed by atoms with Crippen molar-refractivity contribution in [2.45, 2.75) is 13.0 Å². The van der Waals surface area contributed by atoms with Gasteiger partial charge in [0, 0.05) is 26.6 Å². The van der Waals surface area contributed by atoms with E-state index in [0.717, 1.165) is 6.07 Å². The van der Waals surface area contributed by atoms with Crippen molar-refractivity contribution in [3.05, 3.63) is 48.5 Å². The van der Waals surface area contributed by atoms with Gasteiger partial charge < -0.3 is 31.1 Å². The number of hydrogen-bond donors (Lipinski definition) is 5. The molecule has 1 aromatic heterocycles. The number of aliphatic hydroxyl groups excluding tert-OH is 1. The number of hydrogen-bond acceptors (Lipinski definition) is 6. The summed E-state index contributed by atoms with van der Waals surface area (Å²) in [5.41, 5.74) is 0.913. The average molecular weight is 405 g/mol. The Labute approximate surface area is 167 Å². The van der Waals surface area contributed by atoms with Crippen LogP contribution in [0.2, 0.25) is 0 Å². The van der Waals surface area contributed by atoms with E-state index in [2.05, 4.69) is 26.3 Å². The molecule has 0 aliphatic carbocycles. The van der Waals surface area contributed by atoms with Crippen LogP contribution in [0, 0.1) is 5.95 Å². The quantitative estimate of drug-likeness (QED) is 0.300. The molecule has 3 amide bonds. The summed E-state index contributed by atoms with van der Waals surface area (Å²) >= 11 is 0. The molecule has 5 N–H and O–H groups in total. The normalized spacial score (nSPS) is 11.4. The smallest absolute Gasteiger partial charge is 0.319 e. The van der Waals surface area contributed by atoms with Gasteiger partial charge in [-0.15, -0.1) is 0 Å². The maximum atomic E-state index is 12.7. The van der Waals surface area contributed by atoms with Gasteiger partial charge in [-0.05, 0) is 24.3 Å². The molecule has 2 rings (SSSR count). The van der Waals surface area contributed by atoms with E-state index in [1.54, 1.807) is 24.3 Å². The number of para-hydroxylation sites is 2. The Morgan fingerprint density at radius 1 is 1.17 bits per heavy atom. The second-order valence-electron chi connectivity index (χ2n) is 6.10. The number of nitrogens with one attached hydrogen (secondary N) is 4. The maximum absolute atomic E-state index is 12.7. The number of aromatic nitrogens is 1. The predicted octanol–water partition coefficient (Wildman–Crippen LogP) is 1.33. The lowest BCUT2D eigenvalue weighted by molar-refractivity contribution is -0.114. The van der Waals surface area contributed by atoms with Crippen molar-refractivity contribution in [2.24, 2.45) is 0 Å². The topological polar surface area (TPSA) is 125 Å². The van der Waals surface area contributed by atoms with Crippen molar-refractivity contribution in [3.8, 4) is 5.75 Å². The first kappa shape index (κ1) is 22.1. The van der Waals surface area contributed by atoms with Crippen LogP contribution >= 0.6 is 0 Å². The van der Waals surface area contributed by atoms with Gasteiger partial charge in [-0.1, -0.05) is 12.1 Å². The van der Waals surface area contributed by atoms with Gasteiger partial charge in [0.25, 0.3) is 0 Å². The summed E-state index contributed by atoms with van der Waals surface area (Å²) < 4.78 is 18.3. The van der Waals surface area contributed by atoms with E-state index in [9.17, 15) is 19.1 Å². The Hall–Kier alpha value is -3.24. The molecule has 0 fully saturated rings. The molecule has 0 unspecified atom stereocenters. The Morgan fingerprint density at radius 3 is 2.69 bits per heavy atom. The van der Waals surface area contributed by atoms with E-state index < -0.39 is 18.1 Å². The minimum Gasteiger partial charge on any atom is -0.489 e. The van der Waals surface area contributed by atoms with Crippen LogP contribution in [0.3, 0.4) is 0 Å². The first-order chi connectivity index (χ1) is 13.9. The Kier molecular flexibility index (Phi) is 8.80. The predicted molar refractivity (Wildman–Crippen MR) is 106 cm³/mol. The van der Waals surface area contributed by atoms with Crippen LogP contribution < -0.4 is 26.0 Å². The second-order valence-corrected chi connectivity index (χ2v) is 6.10. The standard InChI is InChI=1S/C19H24FN5O4/c1-13(26)24-16-4-2-3-5-17(16)29-12-15(27)11-21-8-9-22-19(28)25-14-6-7-18(20)23-10-14/h2-7,10,15,21,27H,8-9,11-12H2,1H3,(H,24,26)(H2,22,25,28)/t15-/m0/s1. The van der Waals surface area contributed by atoms with E-state index >= 15 is 0 Å². The van der Waals surface area contributed by atoms with Crippen LogP contribution in [0.15, 0.2) is 42.6 Å². The fourth-order valence-electron chi connectivity index (χ4n) is 2.29. The highest BCUT2D eigenvalue weighted by Crippen LogP contribution is 2.23. The fraction of sp³-hybridized carbons (Fsp3) is 0.316. The maximum Gasteiger partial charge on any atom is 0.319 e. The molecule has 0 saturated carbocycles. The first-order valence-corrected chi connectivity index (χ1v) is 8.98. The van der Waals surface area contributed by atoms with Gasteiger partial charge in [0.15, 0.2) is 0 Å². The van der Waals surface area contributed by atoms with Gasteiger partial charge in [0.2, 0.25) is 11.9 Å². The second kappa shape index (κ2) is 11.6. The molecular formula is C19H24FN5O4. The Morgan fingerprint density at radius 2 is 1.97 bits per heavy atom. The number of ether oxygens (including phenoxy) is 1. The summed E-state index contributed by atoms with van der Waals surface area (Å²) in [6.07, 6.45) is 0.438. The number of pyridine rings is 1. The van der Waals surface area contributed by atoms with Crippen LogP contribution in [0.4, 0.5) is 20.6 Å². The Balaban J connectivity index is 1.60. The molecule has 0 aliphatic rings. The molecule has 0 saturated heterocycles. The number of amides is 3. The number of urea groups is 1. The Bertz CT molecular complexity index is 803. The molecule has 9 nitrogen and oxygen atoms in total. The molecule has 0 radical (unpaired) electrons. The van der Waals surface area contributed by atoms with Crippen LogP contribution in [-0.4, -0.2) is 54.4 Å². The SMILES string of the molecule is CC(=O)Nc1ccccc1OC[C@@H](O)CNCCNC(=O)Nc1ccc(F)nc1. The van der Waals surface area contributed by atoms with Gasteiger partial charge in [0.05, 0.1) is 17.6 Å². The van der Waals surface area contributed by atoms with E-state index in [0.29, 0.717) is 30.2 Å². The zero-order valence-electron chi connectivity index (χ0n) is 15.9. The summed E-state index contributed by atoms with van der Waals surface area (Å²) in [5.74, 6) is -0.368. The summed E-state index contributed by atoms with van der Waals surface area (Å²) in [6, 6.07) is 9.05. The number of carbonyl (C=O) groups is 2. The van der Waals surface area contributed by atoms with E-state index in [-0.39, 0.29) is 19.1 Å². The van der Waals surface area contributed by atoms with Gasteiger partial charge in [-0.3, -0.25) is 4.79 Å². The zero-order valence-corrected chi connectivity index (χ0v) is 15.9. The van der Waals surface area contributed by atoms with Crippen molar-refractivity contribution in [3.63, 3.8) is 0 Å². The number of nitrogens with zero attached hydrogens (tertiary/aromatic N) is 1. The van der Waals surface area contributed by atoms with E-state index in [1.807, 2.05) is 0 Å². The summed E-state index contributed by atoms with van der Waals surface area (Å²) in [7, 11) is 0. The number of benzene rings is 1. The zero-order chi connectivity index (χ0) is 21.1. The van der Waals surface area contributed by atoms with Gasteiger partial charge >= 0.3 is 6.03 Å². The van der Waals surface area contributed by atoms with E-state index in [1.165, 1.54) is 19.2 Å². The lowest BCUT2D eigenvalue weighted by Crippen LogP contribution is -2.38. The van der Waals surface area contributed by atoms with Gasteiger partial charge in [-0.25, -0.2) is 9.78 Å². The first-order valence-electron chi connectivity index (χ1n) is 8.98. The molecule has 1 aromatic carbocycles. The number of anilines is 2. The van der Waals surface area contributed by atoms with Crippen molar-refractivity contribution in [1.82, 2.24) is 15.6 Å². The van der Waals surface area contributed by atoms with Gasteiger partial charge in [-0.2, -0.15) is 4.39 Å². The largest absolute Gasteiger partial charge is 0.489 e. The fourth-order valence-corrected chi connectivity index (χ4v) is 2.29. The average Bonchev–Trinajstić information content (AvgIpc) is 2.68. The van der Waals surface area contributed by atoms with Crippen molar-refractivity contribution >= 4 is 23.3 Å². The minimum atomic E-state index is -0.778. The lowest BCUT2D eigenvalue weighted by Gasteiger charge is -2.15. The van der Waals surface area contributed by atoms with Gasteiger partial charge in [0.1, 0.15) is 18.5 Å². The number of halogens is 1. The highest BCUT2D eigenvalue weighted by Gasteiger charge is 2.09. The highest BCUT2D eigenvalue weighted by molar-refractivity contribution is 5.90. The molecule has 156 valence electrons. The molecule has 0 spiro atoms. The summed E-state index contributed by atoms with van der Waals surface area (Å²) in [4.78, 5) is 26.3. The molecular weight excluding hydrogens is 381 g/mol. The minimum absolute atomic E-state index is 0.0368. The summed E-state index contributed by atoms with van der Waals surface area (Å²) in [6.45, 7) is 2.44. The monoisotopic (exact) mass is 405 g/mol. The number of aliphatic hydroxyl groups is 1. The third-order valence-electron chi connectivity index (χ3n) is 3.58. The molecule has 1 heterocycles. The molecule has 0 bridgehead atoms. The molecule has 29 heavy (non-hydrogen) atoms. The van der Waals surface area contributed by atoms with Crippen LogP contribution in [-0.2, 0) is 4.79 Å². The summed E-state index contributed by atoms with van der Waals surface area (Å²) in [5, 5.41) is 20.8. The highest BCUT2D eigenvalue weighted by atomic mass is 19.1. The molecule has 0 aliphatic heterocycles. The van der Waals surface area contributed by atoms with Crippen LogP contribution in [0.1, 0.15) is 6.92 Å². The van der Waals surface area contributed by atoms with Crippen molar-refractivity contribution in [2.75, 3.05) is 36.9 Å².